The van der Waals surface area contributed by atoms with Crippen LogP contribution in [-0.4, -0.2) is 34.9 Å². The van der Waals surface area contributed by atoms with Gasteiger partial charge in [0.2, 0.25) is 0 Å². The second-order valence-corrected chi connectivity index (χ2v) is 9.02. The van der Waals surface area contributed by atoms with Gasteiger partial charge in [0, 0.05) is 49.6 Å². The van der Waals surface area contributed by atoms with Crippen LogP contribution in [-0.2, 0) is 0 Å². The van der Waals surface area contributed by atoms with E-state index in [4.69, 9.17) is 34.8 Å². The molecule has 2 aromatic carbocycles. The van der Waals surface area contributed by atoms with Crippen LogP contribution < -0.4 is 0 Å². The molecule has 0 atom stereocenters. The summed E-state index contributed by atoms with van der Waals surface area (Å²) in [4.78, 5) is 3.83. The zero-order valence-corrected chi connectivity index (χ0v) is 16.7. The van der Waals surface area contributed by atoms with Crippen molar-refractivity contribution >= 4 is 80.9 Å². The van der Waals surface area contributed by atoms with Crippen LogP contribution in [0.5, 0.6) is 0 Å². The Morgan fingerprint density at radius 3 is 1.95 bits per heavy atom. The minimum absolute atomic E-state index is 0.662. The van der Waals surface area contributed by atoms with Crippen molar-refractivity contribution in [3.05, 3.63) is 30.3 Å². The third kappa shape index (κ3) is 5.61. The van der Waals surface area contributed by atoms with Crippen LogP contribution >= 0.6 is 70.1 Å². The summed E-state index contributed by atoms with van der Waals surface area (Å²) < 4.78 is 0. The van der Waals surface area contributed by atoms with E-state index < -0.39 is 0 Å². The lowest BCUT2D eigenvalue weighted by molar-refractivity contribution is 1.35. The molecular formula is C16H17Cl3S3. The molecule has 0 aliphatic heterocycles. The second kappa shape index (κ2) is 10.5. The Hall–Kier alpha value is 0.620. The van der Waals surface area contributed by atoms with Crippen molar-refractivity contribution in [1.82, 2.24) is 0 Å². The van der Waals surface area contributed by atoms with E-state index in [0.29, 0.717) is 17.6 Å². The molecule has 0 saturated carbocycles. The predicted octanol–water partition coefficient (Wildman–Crippen LogP) is 6.83. The first-order chi connectivity index (χ1) is 10.8. The number of thioether (sulfide) groups is 3. The van der Waals surface area contributed by atoms with Gasteiger partial charge in [-0.15, -0.1) is 70.1 Å². The monoisotopic (exact) mass is 410 g/mol. The topological polar surface area (TPSA) is 0 Å². The van der Waals surface area contributed by atoms with E-state index in [1.165, 1.54) is 25.5 Å². The molecule has 2 rings (SSSR count). The van der Waals surface area contributed by atoms with Gasteiger partial charge in [-0.1, -0.05) is 6.07 Å². The average Bonchev–Trinajstić information content (AvgIpc) is 2.55. The quantitative estimate of drug-likeness (QED) is 0.328. The molecule has 0 spiro atoms. The summed E-state index contributed by atoms with van der Waals surface area (Å²) in [7, 11) is 0. The maximum atomic E-state index is 5.85. The van der Waals surface area contributed by atoms with Gasteiger partial charge < -0.3 is 0 Å². The van der Waals surface area contributed by atoms with E-state index in [1.807, 2.05) is 11.8 Å². The minimum Gasteiger partial charge on any atom is -0.126 e. The number of hydrogen-bond donors (Lipinski definition) is 0. The summed E-state index contributed by atoms with van der Waals surface area (Å²) in [5.74, 6) is 4.77. The van der Waals surface area contributed by atoms with E-state index in [1.54, 1.807) is 23.5 Å². The van der Waals surface area contributed by atoms with Gasteiger partial charge >= 0.3 is 0 Å². The van der Waals surface area contributed by atoms with Gasteiger partial charge in [0.05, 0.1) is 0 Å². The van der Waals surface area contributed by atoms with Crippen molar-refractivity contribution in [2.75, 3.05) is 34.9 Å². The predicted molar refractivity (Wildman–Crippen MR) is 108 cm³/mol. The van der Waals surface area contributed by atoms with Crippen molar-refractivity contribution in [1.29, 1.82) is 0 Å². The van der Waals surface area contributed by atoms with Crippen LogP contribution in [0.15, 0.2) is 45.0 Å². The molecule has 6 heteroatoms. The molecule has 120 valence electrons. The van der Waals surface area contributed by atoms with Gasteiger partial charge in [0.1, 0.15) is 0 Å². The van der Waals surface area contributed by atoms with Crippen LogP contribution in [0.2, 0.25) is 0 Å². The van der Waals surface area contributed by atoms with Gasteiger partial charge in [0.25, 0.3) is 0 Å². The van der Waals surface area contributed by atoms with Gasteiger partial charge in [-0.05, 0) is 35.0 Å². The van der Waals surface area contributed by atoms with Crippen LogP contribution in [0.3, 0.4) is 0 Å². The van der Waals surface area contributed by atoms with Crippen LogP contribution in [0.1, 0.15) is 0 Å². The Balaban J connectivity index is 2.36. The molecule has 0 amide bonds. The standard InChI is InChI=1S/C16H17Cl3S3/c17-3-6-20-13-1-2-15-12(9-13)10-14(21-7-4-18)11-16(15)22-8-5-19/h1-2,9-11H,3-8H2. The molecule has 0 heterocycles. The van der Waals surface area contributed by atoms with Crippen LogP contribution in [0.4, 0.5) is 0 Å². The number of halogens is 3. The summed E-state index contributed by atoms with van der Waals surface area (Å²) in [6.45, 7) is 0. The molecule has 0 radical (unpaired) electrons. The zero-order chi connectivity index (χ0) is 15.8. The van der Waals surface area contributed by atoms with Gasteiger partial charge in [-0.25, -0.2) is 0 Å². The highest BCUT2D eigenvalue weighted by Crippen LogP contribution is 2.35. The second-order valence-electron chi connectivity index (χ2n) is 4.42. The maximum absolute atomic E-state index is 5.85. The van der Waals surface area contributed by atoms with Crippen molar-refractivity contribution in [2.45, 2.75) is 14.7 Å². The molecule has 0 unspecified atom stereocenters. The molecule has 0 N–H and O–H groups in total. The molecule has 22 heavy (non-hydrogen) atoms. The van der Waals surface area contributed by atoms with E-state index in [9.17, 15) is 0 Å². The molecule has 0 saturated heterocycles. The lowest BCUT2D eigenvalue weighted by Crippen LogP contribution is -1.87. The summed E-state index contributed by atoms with van der Waals surface area (Å²) in [5, 5.41) is 2.57. The Labute approximate surface area is 160 Å². The fourth-order valence-electron chi connectivity index (χ4n) is 2.04. The molecule has 0 bridgehead atoms. The molecule has 0 aliphatic rings. The van der Waals surface area contributed by atoms with Gasteiger partial charge in [-0.2, -0.15) is 0 Å². The minimum atomic E-state index is 0.662. The molecule has 2 aromatic rings. The highest BCUT2D eigenvalue weighted by atomic mass is 35.5. The molecule has 0 nitrogen and oxygen atoms in total. The highest BCUT2D eigenvalue weighted by molar-refractivity contribution is 8.00. The number of rotatable bonds is 9. The first-order valence-corrected chi connectivity index (χ1v) is 11.5. The van der Waals surface area contributed by atoms with Crippen molar-refractivity contribution in [3.8, 4) is 0 Å². The van der Waals surface area contributed by atoms with Crippen molar-refractivity contribution in [3.63, 3.8) is 0 Å². The Bertz CT molecular complexity index is 599. The fourth-order valence-corrected chi connectivity index (χ4v) is 5.07. The van der Waals surface area contributed by atoms with E-state index in [-0.39, 0.29) is 0 Å². The number of alkyl halides is 3. The first kappa shape index (κ1) is 19.0. The largest absolute Gasteiger partial charge is 0.126 e. The normalized spacial score (nSPS) is 11.2. The number of benzene rings is 2. The van der Waals surface area contributed by atoms with E-state index in [0.717, 1.165) is 17.3 Å². The molecule has 0 aromatic heterocycles. The Kier molecular flexibility index (Phi) is 9.03. The SMILES string of the molecule is ClCCSc1ccc2c(SCCCl)cc(SCCCl)cc2c1. The van der Waals surface area contributed by atoms with E-state index in [2.05, 4.69) is 30.3 Å². The maximum Gasteiger partial charge on any atom is 0.0317 e. The lowest BCUT2D eigenvalue weighted by Gasteiger charge is -2.11. The fraction of sp³-hybridized carbons (Fsp3) is 0.375. The first-order valence-electron chi connectivity index (χ1n) is 6.92. The van der Waals surface area contributed by atoms with Crippen LogP contribution in [0.25, 0.3) is 10.8 Å². The number of fused-ring (bicyclic) bond motifs is 1. The lowest BCUT2D eigenvalue weighted by atomic mass is 10.1. The number of hydrogen-bond acceptors (Lipinski definition) is 3. The summed E-state index contributed by atoms with van der Waals surface area (Å²) >= 11 is 22.9. The van der Waals surface area contributed by atoms with Gasteiger partial charge in [-0.3, -0.25) is 0 Å². The van der Waals surface area contributed by atoms with Crippen LogP contribution in [0, 0.1) is 0 Å². The zero-order valence-electron chi connectivity index (χ0n) is 12.0. The average molecular weight is 412 g/mol. The summed E-state index contributed by atoms with van der Waals surface area (Å²) in [5.41, 5.74) is 0. The third-order valence-electron chi connectivity index (χ3n) is 2.89. The molecular weight excluding hydrogens is 395 g/mol. The molecule has 0 fully saturated rings. The van der Waals surface area contributed by atoms with Crippen molar-refractivity contribution < 1.29 is 0 Å². The summed E-state index contributed by atoms with van der Waals surface area (Å²) in [6.07, 6.45) is 0. The van der Waals surface area contributed by atoms with E-state index >= 15 is 0 Å². The van der Waals surface area contributed by atoms with Crippen molar-refractivity contribution in [2.24, 2.45) is 0 Å². The smallest absolute Gasteiger partial charge is 0.0317 e. The third-order valence-corrected chi connectivity index (χ3v) is 7.16. The van der Waals surface area contributed by atoms with Gasteiger partial charge in [0.15, 0.2) is 0 Å². The highest BCUT2D eigenvalue weighted by Gasteiger charge is 2.07. The molecule has 0 aliphatic carbocycles. The Morgan fingerprint density at radius 1 is 0.682 bits per heavy atom. The summed E-state index contributed by atoms with van der Waals surface area (Å²) in [6, 6.07) is 11.1. The Morgan fingerprint density at radius 2 is 1.27 bits per heavy atom.